The number of carbonyl (C=O) groups is 2. The van der Waals surface area contributed by atoms with Gasteiger partial charge in [0.15, 0.2) is 6.61 Å². The van der Waals surface area contributed by atoms with E-state index in [9.17, 15) is 9.59 Å². The summed E-state index contributed by atoms with van der Waals surface area (Å²) in [5.74, 6) is 0.231. The summed E-state index contributed by atoms with van der Waals surface area (Å²) in [4.78, 5) is 24.1. The normalized spacial score (nSPS) is 10.1. The zero-order valence-electron chi connectivity index (χ0n) is 16.1. The number of ether oxygens (including phenoxy) is 1. The lowest BCUT2D eigenvalue weighted by Crippen LogP contribution is -2.28. The van der Waals surface area contributed by atoms with Gasteiger partial charge in [-0.05, 0) is 36.8 Å². The molecule has 0 saturated carbocycles. The monoisotopic (exact) mass is 389 g/mol. The number of anilines is 2. The van der Waals surface area contributed by atoms with Crippen molar-refractivity contribution in [2.45, 2.75) is 13.5 Å². The Labute approximate surface area is 169 Å². The van der Waals surface area contributed by atoms with E-state index in [1.807, 2.05) is 49.4 Å². The van der Waals surface area contributed by atoms with Gasteiger partial charge in [-0.1, -0.05) is 54.1 Å². The Balaban J connectivity index is 1.46. The molecule has 3 rings (SSSR count). The van der Waals surface area contributed by atoms with Crippen LogP contribution < -0.4 is 20.7 Å². The first-order valence-electron chi connectivity index (χ1n) is 9.27. The number of para-hydroxylation sites is 1. The van der Waals surface area contributed by atoms with Gasteiger partial charge in [0.2, 0.25) is 0 Å². The SMILES string of the molecule is Cc1ccc(CNC(=O)Nc2cccc(OCC(=O)Nc3ccccc3)c2)cc1. The Morgan fingerprint density at radius 1 is 0.828 bits per heavy atom. The van der Waals surface area contributed by atoms with Gasteiger partial charge in [0.1, 0.15) is 5.75 Å². The molecule has 3 amide bonds. The van der Waals surface area contributed by atoms with Crippen molar-refractivity contribution in [3.8, 4) is 5.75 Å². The third-order valence-electron chi connectivity index (χ3n) is 4.09. The van der Waals surface area contributed by atoms with Crippen LogP contribution in [-0.2, 0) is 11.3 Å². The molecule has 0 unspecified atom stereocenters. The molecule has 0 aliphatic carbocycles. The number of carbonyl (C=O) groups excluding carboxylic acids is 2. The molecule has 0 aromatic heterocycles. The molecular formula is C23H23N3O3. The predicted molar refractivity (Wildman–Crippen MR) is 114 cm³/mol. The molecular weight excluding hydrogens is 366 g/mol. The van der Waals surface area contributed by atoms with Gasteiger partial charge in [-0.3, -0.25) is 4.79 Å². The molecule has 3 N–H and O–H groups in total. The third-order valence-corrected chi connectivity index (χ3v) is 4.09. The fraction of sp³-hybridized carbons (Fsp3) is 0.130. The van der Waals surface area contributed by atoms with Crippen molar-refractivity contribution in [1.82, 2.24) is 5.32 Å². The maximum absolute atomic E-state index is 12.1. The smallest absolute Gasteiger partial charge is 0.319 e. The maximum Gasteiger partial charge on any atom is 0.319 e. The summed E-state index contributed by atoms with van der Waals surface area (Å²) in [6.45, 7) is 2.32. The molecule has 0 heterocycles. The molecule has 0 atom stereocenters. The molecule has 3 aromatic rings. The minimum absolute atomic E-state index is 0.127. The Kier molecular flexibility index (Phi) is 6.84. The van der Waals surface area contributed by atoms with Gasteiger partial charge in [0.25, 0.3) is 5.91 Å². The Bertz CT molecular complexity index is 957. The molecule has 3 aromatic carbocycles. The van der Waals surface area contributed by atoms with Crippen LogP contribution in [0.25, 0.3) is 0 Å². The van der Waals surface area contributed by atoms with Crippen LogP contribution in [0, 0.1) is 6.92 Å². The standard InChI is InChI=1S/C23H23N3O3/c1-17-10-12-18(13-11-17)15-24-23(28)26-20-8-5-9-21(14-20)29-16-22(27)25-19-6-3-2-4-7-19/h2-14H,15-16H2,1H3,(H,25,27)(H2,24,26,28). The van der Waals surface area contributed by atoms with Gasteiger partial charge in [-0.25, -0.2) is 4.79 Å². The average Bonchev–Trinajstić information content (AvgIpc) is 2.73. The van der Waals surface area contributed by atoms with Crippen LogP contribution in [0.4, 0.5) is 16.2 Å². The molecule has 0 spiro atoms. The van der Waals surface area contributed by atoms with E-state index < -0.39 is 0 Å². The number of urea groups is 1. The first-order valence-corrected chi connectivity index (χ1v) is 9.27. The van der Waals surface area contributed by atoms with Gasteiger partial charge in [-0.2, -0.15) is 0 Å². The summed E-state index contributed by atoms with van der Waals surface area (Å²) in [6, 6.07) is 23.7. The average molecular weight is 389 g/mol. The number of benzene rings is 3. The van der Waals surface area contributed by atoms with Crippen molar-refractivity contribution in [2.24, 2.45) is 0 Å². The second-order valence-corrected chi connectivity index (χ2v) is 6.52. The summed E-state index contributed by atoms with van der Waals surface area (Å²) in [7, 11) is 0. The van der Waals surface area contributed by atoms with Gasteiger partial charge in [-0.15, -0.1) is 0 Å². The highest BCUT2D eigenvalue weighted by Crippen LogP contribution is 2.17. The zero-order chi connectivity index (χ0) is 20.5. The maximum atomic E-state index is 12.1. The molecule has 6 heteroatoms. The first kappa shape index (κ1) is 19.9. The zero-order valence-corrected chi connectivity index (χ0v) is 16.1. The summed E-state index contributed by atoms with van der Waals surface area (Å²) in [6.07, 6.45) is 0. The molecule has 0 saturated heterocycles. The van der Waals surface area contributed by atoms with Crippen LogP contribution in [0.5, 0.6) is 5.75 Å². The minimum atomic E-state index is -0.315. The van der Waals surface area contributed by atoms with E-state index in [1.54, 1.807) is 36.4 Å². The van der Waals surface area contributed by atoms with E-state index in [2.05, 4.69) is 16.0 Å². The fourth-order valence-corrected chi connectivity index (χ4v) is 2.59. The summed E-state index contributed by atoms with van der Waals surface area (Å²) < 4.78 is 5.52. The van der Waals surface area contributed by atoms with Crippen LogP contribution in [0.2, 0.25) is 0 Å². The van der Waals surface area contributed by atoms with E-state index in [0.29, 0.717) is 23.7 Å². The van der Waals surface area contributed by atoms with E-state index in [1.165, 1.54) is 5.56 Å². The van der Waals surface area contributed by atoms with E-state index in [0.717, 1.165) is 5.56 Å². The van der Waals surface area contributed by atoms with Crippen molar-refractivity contribution in [2.75, 3.05) is 17.2 Å². The largest absolute Gasteiger partial charge is 0.484 e. The molecule has 0 aliphatic rings. The number of hydrogen-bond donors (Lipinski definition) is 3. The Morgan fingerprint density at radius 3 is 2.31 bits per heavy atom. The van der Waals surface area contributed by atoms with Gasteiger partial charge >= 0.3 is 6.03 Å². The highest BCUT2D eigenvalue weighted by atomic mass is 16.5. The van der Waals surface area contributed by atoms with Crippen molar-refractivity contribution in [3.05, 3.63) is 90.0 Å². The lowest BCUT2D eigenvalue weighted by atomic mass is 10.1. The number of amides is 3. The summed E-state index contributed by atoms with van der Waals surface area (Å²) >= 11 is 0. The fourth-order valence-electron chi connectivity index (χ4n) is 2.59. The van der Waals surface area contributed by atoms with Crippen LogP contribution >= 0.6 is 0 Å². The number of nitrogens with one attached hydrogen (secondary N) is 3. The molecule has 148 valence electrons. The van der Waals surface area contributed by atoms with Crippen LogP contribution in [0.1, 0.15) is 11.1 Å². The van der Waals surface area contributed by atoms with Gasteiger partial charge < -0.3 is 20.7 Å². The van der Waals surface area contributed by atoms with E-state index in [4.69, 9.17) is 4.74 Å². The predicted octanol–water partition coefficient (Wildman–Crippen LogP) is 4.33. The number of rotatable bonds is 7. The number of aryl methyl sites for hydroxylation is 1. The Morgan fingerprint density at radius 2 is 1.55 bits per heavy atom. The van der Waals surface area contributed by atoms with Crippen molar-refractivity contribution < 1.29 is 14.3 Å². The molecule has 29 heavy (non-hydrogen) atoms. The van der Waals surface area contributed by atoms with Crippen molar-refractivity contribution in [1.29, 1.82) is 0 Å². The summed E-state index contributed by atoms with van der Waals surface area (Å²) in [5.41, 5.74) is 3.48. The third kappa shape index (κ3) is 6.70. The van der Waals surface area contributed by atoms with E-state index in [-0.39, 0.29) is 18.5 Å². The second-order valence-electron chi connectivity index (χ2n) is 6.52. The van der Waals surface area contributed by atoms with Gasteiger partial charge in [0, 0.05) is 24.0 Å². The van der Waals surface area contributed by atoms with Crippen LogP contribution in [0.3, 0.4) is 0 Å². The van der Waals surface area contributed by atoms with Crippen LogP contribution in [0.15, 0.2) is 78.9 Å². The molecule has 0 bridgehead atoms. The highest BCUT2D eigenvalue weighted by molar-refractivity contribution is 5.92. The minimum Gasteiger partial charge on any atom is -0.484 e. The Hall–Kier alpha value is -3.80. The number of hydrogen-bond acceptors (Lipinski definition) is 3. The topological polar surface area (TPSA) is 79.5 Å². The van der Waals surface area contributed by atoms with E-state index >= 15 is 0 Å². The second kappa shape index (κ2) is 9.94. The van der Waals surface area contributed by atoms with Crippen molar-refractivity contribution in [3.63, 3.8) is 0 Å². The highest BCUT2D eigenvalue weighted by Gasteiger charge is 2.06. The van der Waals surface area contributed by atoms with Crippen LogP contribution in [-0.4, -0.2) is 18.5 Å². The summed E-state index contributed by atoms with van der Waals surface area (Å²) in [5, 5.41) is 8.32. The quantitative estimate of drug-likeness (QED) is 0.563. The molecule has 0 radical (unpaired) electrons. The first-order chi connectivity index (χ1) is 14.1. The van der Waals surface area contributed by atoms with Gasteiger partial charge in [0.05, 0.1) is 0 Å². The molecule has 0 aliphatic heterocycles. The molecule has 6 nitrogen and oxygen atoms in total. The van der Waals surface area contributed by atoms with Crippen molar-refractivity contribution >= 4 is 23.3 Å². The molecule has 0 fully saturated rings. The lowest BCUT2D eigenvalue weighted by Gasteiger charge is -2.11. The lowest BCUT2D eigenvalue weighted by molar-refractivity contribution is -0.118.